The summed E-state index contributed by atoms with van der Waals surface area (Å²) in [6.07, 6.45) is -7.50. The highest BCUT2D eigenvalue weighted by atomic mass is 19.4. The van der Waals surface area contributed by atoms with Gasteiger partial charge in [-0.3, -0.25) is 14.6 Å². The van der Waals surface area contributed by atoms with Crippen LogP contribution in [0.25, 0.3) is 11.6 Å². The number of fused-ring (bicyclic) bond motifs is 3. The van der Waals surface area contributed by atoms with Gasteiger partial charge < -0.3 is 14.8 Å². The zero-order valence-electron chi connectivity index (χ0n) is 25.7. The van der Waals surface area contributed by atoms with Crippen LogP contribution < -0.4 is 4.90 Å². The number of carbonyl (C=O) groups is 2. The standard InChI is InChI=1S/C34H28BF7N2O5/c1-17-10-23-30(32(47)44(31(23)46)22-14-20(33(37,38)39)13-21(15-22)34(40,41)42)24-16-35(48)49-28(29(17)24)8-6-19(26-4-2-3-9-43-26)11-18-5-7-27(45)25(36)12-18/h2-5,7,9,11-15,23-24,28,30,45,48H,6,8,10,16H2,1H3/b19-11-/t23-,24+,28-,30-/m1/s1. The number of aromatic nitrogens is 1. The van der Waals surface area contributed by atoms with Crippen molar-refractivity contribution < 1.29 is 55.1 Å². The first-order valence-electron chi connectivity index (χ1n) is 15.3. The highest BCUT2D eigenvalue weighted by Crippen LogP contribution is 2.52. The molecule has 0 spiro atoms. The number of phenols is 1. The van der Waals surface area contributed by atoms with Gasteiger partial charge in [0.25, 0.3) is 0 Å². The second kappa shape index (κ2) is 12.8. The number of imide groups is 1. The summed E-state index contributed by atoms with van der Waals surface area (Å²) in [5.74, 6) is -6.20. The zero-order valence-corrected chi connectivity index (χ0v) is 25.7. The molecule has 2 fully saturated rings. The quantitative estimate of drug-likeness (QED) is 0.122. The van der Waals surface area contributed by atoms with Crippen molar-refractivity contribution in [1.82, 2.24) is 4.98 Å². The van der Waals surface area contributed by atoms with Gasteiger partial charge in [-0.25, -0.2) is 9.29 Å². The molecule has 0 bridgehead atoms. The number of allylic oxidation sites excluding steroid dienone is 2. The Morgan fingerprint density at radius 3 is 2.31 bits per heavy atom. The molecule has 1 aromatic heterocycles. The molecule has 0 radical (unpaired) electrons. The third-order valence-corrected chi connectivity index (χ3v) is 9.27. The molecule has 7 nitrogen and oxygen atoms in total. The Morgan fingerprint density at radius 1 is 1.00 bits per heavy atom. The molecule has 2 N–H and O–H groups in total. The van der Waals surface area contributed by atoms with Gasteiger partial charge in [-0.05, 0) is 104 Å². The van der Waals surface area contributed by atoms with Gasteiger partial charge in [0.15, 0.2) is 11.6 Å². The van der Waals surface area contributed by atoms with Gasteiger partial charge in [-0.1, -0.05) is 17.7 Å². The maximum Gasteiger partial charge on any atom is 0.455 e. The molecule has 0 saturated carbocycles. The van der Waals surface area contributed by atoms with Gasteiger partial charge in [0.1, 0.15) is 0 Å². The number of carbonyl (C=O) groups excluding carboxylic acids is 2. The summed E-state index contributed by atoms with van der Waals surface area (Å²) >= 11 is 0. The van der Waals surface area contributed by atoms with Crippen LogP contribution in [0.2, 0.25) is 6.32 Å². The lowest BCUT2D eigenvalue weighted by Crippen LogP contribution is -2.46. The van der Waals surface area contributed by atoms with Crippen LogP contribution in [-0.4, -0.2) is 40.2 Å². The fourth-order valence-electron chi connectivity index (χ4n) is 7.17. The molecule has 256 valence electrons. The highest BCUT2D eigenvalue weighted by molar-refractivity contribution is 6.43. The summed E-state index contributed by atoms with van der Waals surface area (Å²) in [5, 5.41) is 20.4. The van der Waals surface area contributed by atoms with Crippen molar-refractivity contribution in [2.24, 2.45) is 17.8 Å². The number of aromatic hydroxyl groups is 1. The van der Waals surface area contributed by atoms with Crippen molar-refractivity contribution in [3.8, 4) is 5.75 Å². The molecule has 2 amide bonds. The van der Waals surface area contributed by atoms with Gasteiger partial charge in [-0.2, -0.15) is 26.3 Å². The monoisotopic (exact) mass is 688 g/mol. The number of hydrogen-bond donors (Lipinski definition) is 2. The number of benzene rings is 2. The van der Waals surface area contributed by atoms with E-state index in [1.54, 1.807) is 37.4 Å². The van der Waals surface area contributed by atoms with Crippen molar-refractivity contribution >= 4 is 36.3 Å². The summed E-state index contributed by atoms with van der Waals surface area (Å²) in [6.45, 7) is 1.72. The first-order valence-corrected chi connectivity index (χ1v) is 15.3. The number of halogens is 7. The lowest BCUT2D eigenvalue weighted by atomic mass is 9.58. The Balaban J connectivity index is 1.32. The predicted octanol–water partition coefficient (Wildman–Crippen LogP) is 7.31. The zero-order chi connectivity index (χ0) is 35.4. The Labute approximate surface area is 275 Å². The highest BCUT2D eigenvalue weighted by Gasteiger charge is 2.57. The Morgan fingerprint density at radius 2 is 1.69 bits per heavy atom. The Kier molecular flexibility index (Phi) is 8.95. The molecular weight excluding hydrogens is 660 g/mol. The van der Waals surface area contributed by atoms with Crippen molar-refractivity contribution in [2.45, 2.75) is 51.0 Å². The topological polar surface area (TPSA) is 100.0 Å². The third kappa shape index (κ3) is 6.73. The van der Waals surface area contributed by atoms with Gasteiger partial charge in [-0.15, -0.1) is 0 Å². The minimum atomic E-state index is -5.18. The largest absolute Gasteiger partial charge is 0.505 e. The van der Waals surface area contributed by atoms with E-state index in [4.69, 9.17) is 4.65 Å². The molecule has 3 aromatic rings. The van der Waals surface area contributed by atoms with E-state index >= 15 is 0 Å². The number of alkyl halides is 6. The molecule has 15 heteroatoms. The maximum atomic E-state index is 14.1. The number of pyridine rings is 1. The smallest absolute Gasteiger partial charge is 0.455 e. The van der Waals surface area contributed by atoms with Crippen LogP contribution in [0, 0.1) is 23.6 Å². The lowest BCUT2D eigenvalue weighted by Gasteiger charge is -2.42. The molecule has 4 atom stereocenters. The molecule has 6 rings (SSSR count). The fourth-order valence-corrected chi connectivity index (χ4v) is 7.17. The van der Waals surface area contributed by atoms with E-state index in [1.165, 1.54) is 12.1 Å². The van der Waals surface area contributed by atoms with Gasteiger partial charge in [0.2, 0.25) is 11.8 Å². The van der Waals surface area contributed by atoms with Crippen molar-refractivity contribution in [3.63, 3.8) is 0 Å². The SMILES string of the molecule is CC1=C2[C@@H](CC/C(=C/c3ccc(O)c(F)c3)c3ccccn3)OB(O)C[C@@H]2[C@@H]2C(=O)N(c3cc(C(F)(F)F)cc(C(F)(F)F)c3)C(=O)[C@@H]2C1. The molecule has 0 unspecified atom stereocenters. The average molecular weight is 688 g/mol. The van der Waals surface area contributed by atoms with Crippen LogP contribution in [0.3, 0.4) is 0 Å². The first kappa shape index (κ1) is 34.4. The summed E-state index contributed by atoms with van der Waals surface area (Å²) in [4.78, 5) is 32.3. The molecule has 3 heterocycles. The van der Waals surface area contributed by atoms with Crippen LogP contribution in [-0.2, 0) is 26.6 Å². The van der Waals surface area contributed by atoms with Gasteiger partial charge >= 0.3 is 19.5 Å². The summed E-state index contributed by atoms with van der Waals surface area (Å²) in [6, 6.07) is 9.74. The molecule has 3 aliphatic rings. The molecule has 2 saturated heterocycles. The van der Waals surface area contributed by atoms with E-state index in [0.717, 1.165) is 6.07 Å². The van der Waals surface area contributed by atoms with Crippen molar-refractivity contribution in [3.05, 3.63) is 100 Å². The van der Waals surface area contributed by atoms with Crippen LogP contribution >= 0.6 is 0 Å². The van der Waals surface area contributed by atoms with Gasteiger partial charge in [0.05, 0.1) is 40.4 Å². The number of nitrogens with zero attached hydrogens (tertiary/aromatic N) is 2. The normalized spacial score (nSPS) is 23.2. The second-order valence-electron chi connectivity index (χ2n) is 12.4. The first-order chi connectivity index (χ1) is 23.0. The van der Waals surface area contributed by atoms with E-state index in [9.17, 15) is 50.5 Å². The number of amides is 2. The van der Waals surface area contributed by atoms with E-state index in [-0.39, 0.29) is 31.6 Å². The molecule has 1 aliphatic carbocycles. The summed E-state index contributed by atoms with van der Waals surface area (Å²) in [5.41, 5.74) is -1.20. The fraction of sp³-hybridized carbons (Fsp3) is 0.324. The van der Waals surface area contributed by atoms with Crippen molar-refractivity contribution in [1.29, 1.82) is 0 Å². The number of rotatable bonds is 6. The molecule has 2 aliphatic heterocycles. The molecule has 49 heavy (non-hydrogen) atoms. The minimum absolute atomic E-state index is 0.00827. The third-order valence-electron chi connectivity index (χ3n) is 9.27. The number of anilines is 1. The lowest BCUT2D eigenvalue weighted by molar-refractivity contribution is -0.143. The Hall–Kier alpha value is -4.50. The Bertz CT molecular complexity index is 1830. The van der Waals surface area contributed by atoms with E-state index in [0.29, 0.717) is 45.0 Å². The molecule has 2 aromatic carbocycles. The van der Waals surface area contributed by atoms with Crippen LogP contribution in [0.4, 0.5) is 36.4 Å². The predicted molar refractivity (Wildman–Crippen MR) is 164 cm³/mol. The van der Waals surface area contributed by atoms with Crippen LogP contribution in [0.5, 0.6) is 5.75 Å². The van der Waals surface area contributed by atoms with Crippen LogP contribution in [0.1, 0.15) is 48.6 Å². The van der Waals surface area contributed by atoms with Gasteiger partial charge in [0, 0.05) is 6.20 Å². The van der Waals surface area contributed by atoms with E-state index in [2.05, 4.69) is 4.98 Å². The average Bonchev–Trinajstić information content (AvgIpc) is 3.28. The summed E-state index contributed by atoms with van der Waals surface area (Å²) < 4.78 is 102. The van der Waals surface area contributed by atoms with Crippen LogP contribution in [0.15, 0.2) is 71.9 Å². The summed E-state index contributed by atoms with van der Waals surface area (Å²) in [7, 11) is -1.39. The van der Waals surface area contributed by atoms with E-state index < -0.39 is 83.5 Å². The maximum absolute atomic E-state index is 14.1. The molecular formula is C34H28BF7N2O5. The minimum Gasteiger partial charge on any atom is -0.505 e. The van der Waals surface area contributed by atoms with E-state index in [1.807, 2.05) is 0 Å². The number of hydrogen-bond acceptors (Lipinski definition) is 6. The second-order valence-corrected chi connectivity index (χ2v) is 12.4. The number of phenolic OH excluding ortho intramolecular Hbond substituents is 1. The van der Waals surface area contributed by atoms with Crippen molar-refractivity contribution in [2.75, 3.05) is 4.90 Å².